The molecule has 2 fully saturated rings. The molecule has 23 heavy (non-hydrogen) atoms. The van der Waals surface area contributed by atoms with Crippen molar-refractivity contribution in [2.24, 2.45) is 13.0 Å². The summed E-state index contributed by atoms with van der Waals surface area (Å²) in [5.74, 6) is 0.855. The Labute approximate surface area is 151 Å². The lowest BCUT2D eigenvalue weighted by atomic mass is 9.76. The third kappa shape index (κ3) is 3.39. The number of aryl methyl sites for hydroxylation is 1. The molecule has 0 radical (unpaired) electrons. The SMILES string of the molecule is Cl.Cl.Cn1cc([C@@H](C2CCC2)N2CCNCC2)c2ccccc21. The van der Waals surface area contributed by atoms with Crippen LogP contribution in [-0.2, 0) is 7.05 Å². The van der Waals surface area contributed by atoms with Crippen LogP contribution in [0.15, 0.2) is 30.5 Å². The van der Waals surface area contributed by atoms with Crippen LogP contribution in [0, 0.1) is 5.92 Å². The van der Waals surface area contributed by atoms with Gasteiger partial charge in [-0.05, 0) is 30.4 Å². The molecule has 1 saturated carbocycles. The van der Waals surface area contributed by atoms with Crippen LogP contribution in [0.1, 0.15) is 30.9 Å². The number of benzene rings is 1. The average molecular weight is 356 g/mol. The molecule has 0 bridgehead atoms. The van der Waals surface area contributed by atoms with E-state index in [1.54, 1.807) is 5.56 Å². The first-order valence-electron chi connectivity index (χ1n) is 8.33. The standard InChI is InChI=1S/C18H25N3.2ClH/c1-20-13-16(15-7-2-3-8-17(15)20)18(14-5-4-6-14)21-11-9-19-10-12-21;;/h2-3,7-8,13-14,18-19H,4-6,9-12H2,1H3;2*1H/t18-;;/m1../s1. The molecule has 2 heterocycles. The molecule has 128 valence electrons. The van der Waals surface area contributed by atoms with Crippen LogP contribution < -0.4 is 5.32 Å². The number of nitrogens with one attached hydrogen (secondary N) is 1. The van der Waals surface area contributed by atoms with Crippen LogP contribution in [-0.4, -0.2) is 35.6 Å². The van der Waals surface area contributed by atoms with E-state index in [4.69, 9.17) is 0 Å². The van der Waals surface area contributed by atoms with Crippen molar-refractivity contribution in [3.8, 4) is 0 Å². The monoisotopic (exact) mass is 355 g/mol. The molecule has 1 aliphatic carbocycles. The minimum atomic E-state index is 0. The number of para-hydroxylation sites is 1. The van der Waals surface area contributed by atoms with Gasteiger partial charge < -0.3 is 9.88 Å². The Morgan fingerprint density at radius 3 is 2.43 bits per heavy atom. The Hall–Kier alpha value is -0.740. The van der Waals surface area contributed by atoms with Crippen molar-refractivity contribution in [1.82, 2.24) is 14.8 Å². The highest BCUT2D eigenvalue weighted by Crippen LogP contribution is 2.43. The van der Waals surface area contributed by atoms with E-state index in [0.717, 1.165) is 19.0 Å². The highest BCUT2D eigenvalue weighted by molar-refractivity contribution is 5.86. The van der Waals surface area contributed by atoms with Crippen LogP contribution in [0.3, 0.4) is 0 Å². The van der Waals surface area contributed by atoms with Crippen LogP contribution in [0.4, 0.5) is 0 Å². The summed E-state index contributed by atoms with van der Waals surface area (Å²) in [4.78, 5) is 2.72. The molecule has 1 atom stereocenters. The van der Waals surface area contributed by atoms with Crippen molar-refractivity contribution >= 4 is 35.7 Å². The topological polar surface area (TPSA) is 20.2 Å². The zero-order valence-corrected chi connectivity index (χ0v) is 15.3. The number of aromatic nitrogens is 1. The number of hydrogen-bond donors (Lipinski definition) is 1. The molecule has 1 N–H and O–H groups in total. The zero-order chi connectivity index (χ0) is 14.2. The fourth-order valence-corrected chi connectivity index (χ4v) is 4.07. The summed E-state index contributed by atoms with van der Waals surface area (Å²) in [6.07, 6.45) is 6.60. The van der Waals surface area contributed by atoms with Gasteiger partial charge in [-0.2, -0.15) is 0 Å². The summed E-state index contributed by atoms with van der Waals surface area (Å²) < 4.78 is 2.30. The second-order valence-corrected chi connectivity index (χ2v) is 6.63. The summed E-state index contributed by atoms with van der Waals surface area (Å²) in [6.45, 7) is 4.64. The fraction of sp³-hybridized carbons (Fsp3) is 0.556. The van der Waals surface area contributed by atoms with Gasteiger partial charge in [0.05, 0.1) is 0 Å². The maximum absolute atomic E-state index is 3.49. The van der Waals surface area contributed by atoms with Crippen LogP contribution in [0.2, 0.25) is 0 Å². The summed E-state index contributed by atoms with van der Waals surface area (Å²) in [5.41, 5.74) is 2.92. The van der Waals surface area contributed by atoms with Crippen molar-refractivity contribution in [2.45, 2.75) is 25.3 Å². The second kappa shape index (κ2) is 7.89. The molecule has 0 unspecified atom stereocenters. The van der Waals surface area contributed by atoms with Crippen molar-refractivity contribution < 1.29 is 0 Å². The van der Waals surface area contributed by atoms with E-state index in [-0.39, 0.29) is 24.8 Å². The quantitative estimate of drug-likeness (QED) is 0.904. The molecular formula is C18H27Cl2N3. The lowest BCUT2D eigenvalue weighted by Gasteiger charge is -2.43. The minimum absolute atomic E-state index is 0. The van der Waals surface area contributed by atoms with Gasteiger partial charge in [0.25, 0.3) is 0 Å². The molecule has 1 saturated heterocycles. The number of piperazine rings is 1. The van der Waals surface area contributed by atoms with E-state index in [1.807, 2.05) is 0 Å². The van der Waals surface area contributed by atoms with Gasteiger partial charge in [0.1, 0.15) is 0 Å². The maximum Gasteiger partial charge on any atom is 0.0481 e. The fourth-order valence-electron chi connectivity index (χ4n) is 4.07. The van der Waals surface area contributed by atoms with E-state index in [1.165, 1.54) is 43.3 Å². The largest absolute Gasteiger partial charge is 0.350 e. The normalized spacial score (nSPS) is 20.4. The third-order valence-corrected chi connectivity index (χ3v) is 5.39. The summed E-state index contributed by atoms with van der Waals surface area (Å²) in [7, 11) is 2.18. The smallest absolute Gasteiger partial charge is 0.0481 e. The second-order valence-electron chi connectivity index (χ2n) is 6.63. The number of hydrogen-bond acceptors (Lipinski definition) is 2. The number of rotatable bonds is 3. The van der Waals surface area contributed by atoms with Gasteiger partial charge in [0.2, 0.25) is 0 Å². The Bertz CT molecular complexity index is 630. The van der Waals surface area contributed by atoms with Gasteiger partial charge in [0.15, 0.2) is 0 Å². The molecule has 2 aliphatic rings. The average Bonchev–Trinajstić information content (AvgIpc) is 2.81. The van der Waals surface area contributed by atoms with Gasteiger partial charge in [0, 0.05) is 56.4 Å². The highest BCUT2D eigenvalue weighted by Gasteiger charge is 2.35. The first-order valence-corrected chi connectivity index (χ1v) is 8.33. The third-order valence-electron chi connectivity index (χ3n) is 5.39. The molecule has 3 nitrogen and oxygen atoms in total. The minimum Gasteiger partial charge on any atom is -0.350 e. The Balaban J connectivity index is 0.000000960. The molecule has 1 aromatic heterocycles. The van der Waals surface area contributed by atoms with Crippen molar-refractivity contribution in [2.75, 3.05) is 26.2 Å². The summed E-state index contributed by atoms with van der Waals surface area (Å²) >= 11 is 0. The molecule has 2 aromatic rings. The van der Waals surface area contributed by atoms with Gasteiger partial charge in [-0.25, -0.2) is 0 Å². The Kier molecular flexibility index (Phi) is 6.38. The molecule has 5 heteroatoms. The first kappa shape index (κ1) is 18.6. The van der Waals surface area contributed by atoms with Gasteiger partial charge in [-0.15, -0.1) is 24.8 Å². The van der Waals surface area contributed by atoms with Gasteiger partial charge >= 0.3 is 0 Å². The number of halogens is 2. The predicted molar refractivity (Wildman–Crippen MR) is 102 cm³/mol. The predicted octanol–water partition coefficient (Wildman–Crippen LogP) is 3.77. The maximum atomic E-state index is 3.49. The summed E-state index contributed by atoms with van der Waals surface area (Å²) in [6, 6.07) is 9.50. The van der Waals surface area contributed by atoms with E-state index in [9.17, 15) is 0 Å². The molecule has 4 rings (SSSR count). The highest BCUT2D eigenvalue weighted by atomic mass is 35.5. The van der Waals surface area contributed by atoms with E-state index in [0.29, 0.717) is 6.04 Å². The first-order chi connectivity index (χ1) is 10.3. The van der Waals surface area contributed by atoms with Crippen LogP contribution in [0.25, 0.3) is 10.9 Å². The lowest BCUT2D eigenvalue weighted by Crippen LogP contribution is -2.47. The molecule has 1 aliphatic heterocycles. The molecule has 0 amide bonds. The zero-order valence-electron chi connectivity index (χ0n) is 13.7. The molecule has 0 spiro atoms. The van der Waals surface area contributed by atoms with Gasteiger partial charge in [-0.3, -0.25) is 4.90 Å². The van der Waals surface area contributed by atoms with Gasteiger partial charge in [-0.1, -0.05) is 24.6 Å². The van der Waals surface area contributed by atoms with Crippen LogP contribution >= 0.6 is 24.8 Å². The van der Waals surface area contributed by atoms with Crippen molar-refractivity contribution in [3.63, 3.8) is 0 Å². The van der Waals surface area contributed by atoms with Crippen molar-refractivity contribution in [1.29, 1.82) is 0 Å². The number of fused-ring (bicyclic) bond motifs is 1. The Morgan fingerprint density at radius 1 is 1.09 bits per heavy atom. The van der Waals surface area contributed by atoms with Crippen molar-refractivity contribution in [3.05, 3.63) is 36.0 Å². The Morgan fingerprint density at radius 2 is 1.78 bits per heavy atom. The molecular weight excluding hydrogens is 329 g/mol. The van der Waals surface area contributed by atoms with Crippen LogP contribution in [0.5, 0.6) is 0 Å². The lowest BCUT2D eigenvalue weighted by molar-refractivity contribution is 0.0845. The van der Waals surface area contributed by atoms with E-state index in [2.05, 4.69) is 52.3 Å². The van der Waals surface area contributed by atoms with E-state index < -0.39 is 0 Å². The molecule has 1 aromatic carbocycles. The summed E-state index contributed by atoms with van der Waals surface area (Å²) in [5, 5.41) is 4.95. The number of nitrogens with zero attached hydrogens (tertiary/aromatic N) is 2. The van der Waals surface area contributed by atoms with E-state index >= 15 is 0 Å².